The normalized spacial score (nSPS) is 42.6. The largest absolute Gasteiger partial charge is 0.393 e. The van der Waals surface area contributed by atoms with Crippen molar-refractivity contribution in [1.82, 2.24) is 0 Å². The van der Waals surface area contributed by atoms with E-state index in [0.717, 1.165) is 38.5 Å². The average molecular weight is 345 g/mol. The molecular weight excluding hydrogens is 308 g/mol. The van der Waals surface area contributed by atoms with E-state index in [-0.39, 0.29) is 11.5 Å². The summed E-state index contributed by atoms with van der Waals surface area (Å²) in [5.41, 5.74) is 2.87. The number of aliphatic hydroxyl groups excluding tert-OH is 1. The molecule has 140 valence electrons. The Bertz CT molecular complexity index is 560. The highest BCUT2D eigenvalue weighted by Gasteiger charge is 2.58. The van der Waals surface area contributed by atoms with Gasteiger partial charge in [0.1, 0.15) is 0 Å². The molecule has 0 spiro atoms. The quantitative estimate of drug-likeness (QED) is 0.641. The number of fused-ring (bicyclic) bond motifs is 5. The maximum absolute atomic E-state index is 11.8. The second kappa shape index (κ2) is 7.39. The van der Waals surface area contributed by atoms with Crippen molar-refractivity contribution < 1.29 is 9.90 Å². The Morgan fingerprint density at radius 1 is 1.16 bits per heavy atom. The van der Waals surface area contributed by atoms with Gasteiger partial charge in [0.2, 0.25) is 0 Å². The molecular formula is C23H36O2. The SMILES string of the molecule is C=C1CC2(CC)C(O)CCC2C2CCC3=CC(=O)CCC3C12.CCC. The van der Waals surface area contributed by atoms with Gasteiger partial charge in [0.15, 0.2) is 5.78 Å². The molecule has 1 N–H and O–H groups in total. The third-order valence-corrected chi connectivity index (χ3v) is 7.54. The molecule has 2 heteroatoms. The number of allylic oxidation sites excluding steroid dienone is 2. The molecule has 0 aromatic carbocycles. The van der Waals surface area contributed by atoms with Crippen LogP contribution in [0.5, 0.6) is 0 Å². The molecule has 25 heavy (non-hydrogen) atoms. The Balaban J connectivity index is 0.000000569. The number of ketones is 1. The first-order valence-electron chi connectivity index (χ1n) is 10.6. The van der Waals surface area contributed by atoms with Crippen molar-refractivity contribution in [1.29, 1.82) is 0 Å². The Kier molecular flexibility index (Phi) is 5.58. The van der Waals surface area contributed by atoms with E-state index < -0.39 is 0 Å². The van der Waals surface area contributed by atoms with E-state index in [4.69, 9.17) is 0 Å². The molecule has 6 unspecified atom stereocenters. The lowest BCUT2D eigenvalue weighted by Crippen LogP contribution is -2.49. The Hall–Kier alpha value is -0.890. The third kappa shape index (κ3) is 3.05. The Morgan fingerprint density at radius 2 is 1.88 bits per heavy atom. The second-order valence-electron chi connectivity index (χ2n) is 8.89. The van der Waals surface area contributed by atoms with Crippen molar-refractivity contribution >= 4 is 5.78 Å². The average Bonchev–Trinajstić information content (AvgIpc) is 2.92. The molecule has 3 fully saturated rings. The van der Waals surface area contributed by atoms with Crippen LogP contribution in [0.15, 0.2) is 23.8 Å². The number of hydrogen-bond donors (Lipinski definition) is 1. The van der Waals surface area contributed by atoms with E-state index in [0.29, 0.717) is 29.5 Å². The van der Waals surface area contributed by atoms with Gasteiger partial charge in [-0.1, -0.05) is 44.9 Å². The lowest BCUT2D eigenvalue weighted by atomic mass is 9.50. The van der Waals surface area contributed by atoms with Crippen LogP contribution in [0, 0.1) is 29.1 Å². The van der Waals surface area contributed by atoms with Crippen LogP contribution in [0.3, 0.4) is 0 Å². The maximum Gasteiger partial charge on any atom is 0.155 e. The molecule has 0 aliphatic heterocycles. The minimum absolute atomic E-state index is 0.101. The first kappa shape index (κ1) is 18.9. The summed E-state index contributed by atoms with van der Waals surface area (Å²) in [6, 6.07) is 0. The van der Waals surface area contributed by atoms with E-state index >= 15 is 0 Å². The van der Waals surface area contributed by atoms with Gasteiger partial charge >= 0.3 is 0 Å². The maximum atomic E-state index is 11.8. The summed E-state index contributed by atoms with van der Waals surface area (Å²) < 4.78 is 0. The number of hydrogen-bond acceptors (Lipinski definition) is 2. The first-order chi connectivity index (χ1) is 12.0. The van der Waals surface area contributed by atoms with E-state index in [1.165, 1.54) is 30.4 Å². The Labute approximate surface area is 153 Å². The zero-order valence-corrected chi connectivity index (χ0v) is 16.4. The fourth-order valence-corrected chi connectivity index (χ4v) is 6.60. The van der Waals surface area contributed by atoms with Gasteiger partial charge in [-0.05, 0) is 74.7 Å². The predicted molar refractivity (Wildman–Crippen MR) is 103 cm³/mol. The lowest BCUT2D eigenvalue weighted by Gasteiger charge is -2.55. The fourth-order valence-electron chi connectivity index (χ4n) is 6.60. The highest BCUT2D eigenvalue weighted by Crippen LogP contribution is 2.64. The van der Waals surface area contributed by atoms with E-state index in [2.05, 4.69) is 27.4 Å². The summed E-state index contributed by atoms with van der Waals surface area (Å²) in [6.45, 7) is 11.0. The van der Waals surface area contributed by atoms with Crippen molar-refractivity contribution in [2.75, 3.05) is 0 Å². The first-order valence-corrected chi connectivity index (χ1v) is 10.6. The highest BCUT2D eigenvalue weighted by molar-refractivity contribution is 5.91. The molecule has 0 aromatic heterocycles. The monoisotopic (exact) mass is 344 g/mol. The number of carbonyl (C=O) groups excluding carboxylic acids is 1. The van der Waals surface area contributed by atoms with E-state index in [9.17, 15) is 9.90 Å². The van der Waals surface area contributed by atoms with Crippen molar-refractivity contribution in [3.63, 3.8) is 0 Å². The van der Waals surface area contributed by atoms with Gasteiger partial charge in [-0.15, -0.1) is 0 Å². The van der Waals surface area contributed by atoms with Crippen LogP contribution < -0.4 is 0 Å². The second-order valence-corrected chi connectivity index (χ2v) is 8.89. The molecule has 0 bridgehead atoms. The molecule has 0 heterocycles. The summed E-state index contributed by atoms with van der Waals surface area (Å²) in [4.78, 5) is 11.8. The molecule has 4 aliphatic carbocycles. The van der Waals surface area contributed by atoms with Gasteiger partial charge in [-0.25, -0.2) is 0 Å². The topological polar surface area (TPSA) is 37.3 Å². The molecule has 0 amide bonds. The molecule has 0 aromatic rings. The molecule has 0 saturated heterocycles. The summed E-state index contributed by atoms with van der Waals surface area (Å²) in [5.74, 6) is 2.82. The summed E-state index contributed by atoms with van der Waals surface area (Å²) in [7, 11) is 0. The van der Waals surface area contributed by atoms with Crippen molar-refractivity contribution in [3.05, 3.63) is 23.8 Å². The molecule has 6 atom stereocenters. The lowest BCUT2D eigenvalue weighted by molar-refractivity contribution is -0.115. The molecule has 4 rings (SSSR count). The van der Waals surface area contributed by atoms with E-state index in [1.807, 2.05) is 6.08 Å². The van der Waals surface area contributed by atoms with Crippen molar-refractivity contribution in [3.8, 4) is 0 Å². The predicted octanol–water partition coefficient (Wildman–Crippen LogP) is 5.46. The van der Waals surface area contributed by atoms with E-state index in [1.54, 1.807) is 0 Å². The van der Waals surface area contributed by atoms with Crippen LogP contribution >= 0.6 is 0 Å². The zero-order valence-electron chi connectivity index (χ0n) is 16.4. The van der Waals surface area contributed by atoms with Crippen molar-refractivity contribution in [2.45, 2.75) is 84.7 Å². The minimum atomic E-state index is -0.134. The highest BCUT2D eigenvalue weighted by atomic mass is 16.3. The van der Waals surface area contributed by atoms with Crippen LogP contribution in [0.1, 0.15) is 78.6 Å². The molecule has 2 nitrogen and oxygen atoms in total. The number of carbonyl (C=O) groups is 1. The minimum Gasteiger partial charge on any atom is -0.393 e. The van der Waals surface area contributed by atoms with Gasteiger partial charge < -0.3 is 5.11 Å². The molecule has 4 aliphatic rings. The number of rotatable bonds is 1. The van der Waals surface area contributed by atoms with Gasteiger partial charge in [0.25, 0.3) is 0 Å². The van der Waals surface area contributed by atoms with Gasteiger partial charge in [-0.3, -0.25) is 4.79 Å². The van der Waals surface area contributed by atoms with Crippen LogP contribution in [0.2, 0.25) is 0 Å². The zero-order chi connectivity index (χ0) is 18.2. The number of aliphatic hydroxyl groups is 1. The van der Waals surface area contributed by atoms with Gasteiger partial charge in [0, 0.05) is 11.8 Å². The summed E-state index contributed by atoms with van der Waals surface area (Å²) >= 11 is 0. The smallest absolute Gasteiger partial charge is 0.155 e. The fraction of sp³-hybridized carbons (Fsp3) is 0.783. The van der Waals surface area contributed by atoms with Gasteiger partial charge in [0.05, 0.1) is 6.10 Å². The van der Waals surface area contributed by atoms with Crippen LogP contribution in [-0.2, 0) is 4.79 Å². The van der Waals surface area contributed by atoms with Crippen LogP contribution in [0.25, 0.3) is 0 Å². The van der Waals surface area contributed by atoms with Gasteiger partial charge in [-0.2, -0.15) is 0 Å². The van der Waals surface area contributed by atoms with Crippen LogP contribution in [-0.4, -0.2) is 17.0 Å². The standard InChI is InChI=1S/C20H28O2.C3H8/c1-3-20-11-12(2)19-15-7-5-14(21)10-13(15)4-6-16(19)17(20)8-9-18(20)22;1-3-2/h10,15-19,22H,2-9,11H2,1H3;3H2,1-2H3. The summed E-state index contributed by atoms with van der Waals surface area (Å²) in [6.07, 6.45) is 11.3. The third-order valence-electron chi connectivity index (χ3n) is 7.54. The Morgan fingerprint density at radius 3 is 2.56 bits per heavy atom. The van der Waals surface area contributed by atoms with Crippen LogP contribution in [0.4, 0.5) is 0 Å². The molecule has 3 saturated carbocycles. The van der Waals surface area contributed by atoms with Crippen molar-refractivity contribution in [2.24, 2.45) is 29.1 Å². The summed E-state index contributed by atoms with van der Waals surface area (Å²) in [5, 5.41) is 10.7. The molecule has 0 radical (unpaired) electrons.